The molecule has 1 heterocycles. The zero-order chi connectivity index (χ0) is 24.3. The summed E-state index contributed by atoms with van der Waals surface area (Å²) in [5, 5.41) is 2.72. The fourth-order valence-corrected chi connectivity index (χ4v) is 5.30. The Bertz CT molecular complexity index is 1190. The second kappa shape index (κ2) is 10.0. The summed E-state index contributed by atoms with van der Waals surface area (Å²) < 4.78 is 44.2. The highest BCUT2D eigenvalue weighted by Crippen LogP contribution is 2.32. The lowest BCUT2D eigenvalue weighted by Gasteiger charge is -2.22. The van der Waals surface area contributed by atoms with Gasteiger partial charge in [-0.2, -0.15) is 4.72 Å². The number of carbonyl (C=O) groups is 2. The molecule has 34 heavy (non-hydrogen) atoms. The number of sulfonamides is 1. The molecule has 0 saturated carbocycles. The van der Waals surface area contributed by atoms with Gasteiger partial charge in [0, 0.05) is 11.8 Å². The van der Waals surface area contributed by atoms with Gasteiger partial charge < -0.3 is 19.5 Å². The van der Waals surface area contributed by atoms with Crippen LogP contribution in [0.5, 0.6) is 11.5 Å². The van der Waals surface area contributed by atoms with Crippen molar-refractivity contribution in [2.75, 3.05) is 25.1 Å². The van der Waals surface area contributed by atoms with Crippen molar-refractivity contribution >= 4 is 27.6 Å². The van der Waals surface area contributed by atoms with Crippen molar-refractivity contribution < 1.29 is 32.2 Å². The predicted octanol–water partition coefficient (Wildman–Crippen LogP) is 2.43. The summed E-state index contributed by atoms with van der Waals surface area (Å²) in [5.74, 6) is -0.969. The SMILES string of the molecule is CC(C)[C@@H](NS(=O)(=O)c1ccc2c(c1)OCCO2)C(=O)OCC(=O)Nc1ccc2c(c1)CCC2. The third-order valence-corrected chi connectivity index (χ3v) is 7.19. The number of benzene rings is 2. The first-order chi connectivity index (χ1) is 16.2. The second-order valence-electron chi connectivity index (χ2n) is 8.64. The number of fused-ring (bicyclic) bond motifs is 2. The van der Waals surface area contributed by atoms with E-state index in [9.17, 15) is 18.0 Å². The first kappa shape index (κ1) is 24.0. The standard InChI is InChI=1S/C24H28N2O7S/c1-15(2)23(26-34(29,30)19-8-9-20-21(13-19)32-11-10-31-20)24(28)33-14-22(27)25-18-7-6-16-4-3-5-17(16)12-18/h6-9,12-13,15,23,26H,3-5,10-11,14H2,1-2H3,(H,25,27)/t23-/m1/s1. The number of nitrogens with one attached hydrogen (secondary N) is 2. The zero-order valence-electron chi connectivity index (χ0n) is 19.1. The first-order valence-corrected chi connectivity index (χ1v) is 12.7. The van der Waals surface area contributed by atoms with Gasteiger partial charge in [-0.25, -0.2) is 8.42 Å². The molecule has 2 aliphatic rings. The molecule has 0 fully saturated rings. The third kappa shape index (κ3) is 5.51. The fraction of sp³-hybridized carbons (Fsp3) is 0.417. The fourth-order valence-electron chi connectivity index (χ4n) is 3.96. The van der Waals surface area contributed by atoms with Crippen molar-refractivity contribution in [3.63, 3.8) is 0 Å². The van der Waals surface area contributed by atoms with Gasteiger partial charge in [-0.3, -0.25) is 9.59 Å². The number of amides is 1. The molecule has 0 spiro atoms. The summed E-state index contributed by atoms with van der Waals surface area (Å²) >= 11 is 0. The van der Waals surface area contributed by atoms with Crippen molar-refractivity contribution in [2.45, 2.75) is 44.0 Å². The lowest BCUT2D eigenvalue weighted by molar-refractivity contribution is -0.150. The summed E-state index contributed by atoms with van der Waals surface area (Å²) in [6.07, 6.45) is 3.12. The number of rotatable bonds is 8. The topological polar surface area (TPSA) is 120 Å². The maximum atomic E-state index is 12.9. The Morgan fingerprint density at radius 3 is 2.50 bits per heavy atom. The predicted molar refractivity (Wildman–Crippen MR) is 124 cm³/mol. The van der Waals surface area contributed by atoms with Crippen molar-refractivity contribution in [1.82, 2.24) is 4.72 Å². The highest BCUT2D eigenvalue weighted by Gasteiger charge is 2.31. The molecule has 2 aromatic carbocycles. The normalized spacial score (nSPS) is 15.5. The zero-order valence-corrected chi connectivity index (χ0v) is 19.9. The van der Waals surface area contributed by atoms with Gasteiger partial charge in [0.1, 0.15) is 19.3 Å². The maximum absolute atomic E-state index is 12.9. The van der Waals surface area contributed by atoms with Crippen molar-refractivity contribution in [1.29, 1.82) is 0 Å². The van der Waals surface area contributed by atoms with Crippen LogP contribution in [0.1, 0.15) is 31.4 Å². The minimum atomic E-state index is -4.06. The van der Waals surface area contributed by atoms with Crippen LogP contribution in [-0.2, 0) is 37.2 Å². The molecule has 1 amide bonds. The number of hydrogen-bond acceptors (Lipinski definition) is 7. The Morgan fingerprint density at radius 1 is 1.00 bits per heavy atom. The Labute approximate surface area is 198 Å². The number of hydrogen-bond donors (Lipinski definition) is 2. The molecular formula is C24H28N2O7S. The molecule has 4 rings (SSSR count). The molecule has 0 saturated heterocycles. The average molecular weight is 489 g/mol. The summed E-state index contributed by atoms with van der Waals surface area (Å²) in [7, 11) is -4.06. The lowest BCUT2D eigenvalue weighted by atomic mass is 10.1. The smallest absolute Gasteiger partial charge is 0.324 e. The molecule has 0 radical (unpaired) electrons. The lowest BCUT2D eigenvalue weighted by Crippen LogP contribution is -2.45. The van der Waals surface area contributed by atoms with E-state index in [0.29, 0.717) is 30.4 Å². The summed E-state index contributed by atoms with van der Waals surface area (Å²) in [5.41, 5.74) is 3.14. The van der Waals surface area contributed by atoms with Gasteiger partial charge in [-0.1, -0.05) is 19.9 Å². The summed E-state index contributed by atoms with van der Waals surface area (Å²) in [4.78, 5) is 24.9. The average Bonchev–Trinajstić information content (AvgIpc) is 3.28. The molecule has 182 valence electrons. The number of ether oxygens (including phenoxy) is 3. The van der Waals surface area contributed by atoms with Crippen molar-refractivity contribution in [3.05, 3.63) is 47.5 Å². The molecule has 1 aliphatic heterocycles. The largest absolute Gasteiger partial charge is 0.486 e. The molecule has 9 nitrogen and oxygen atoms in total. The van der Waals surface area contributed by atoms with E-state index in [-0.39, 0.29) is 4.90 Å². The van der Waals surface area contributed by atoms with Crippen LogP contribution in [0.25, 0.3) is 0 Å². The highest BCUT2D eigenvalue weighted by molar-refractivity contribution is 7.89. The number of anilines is 1. The molecule has 1 atom stereocenters. The third-order valence-electron chi connectivity index (χ3n) is 5.75. The van der Waals surface area contributed by atoms with E-state index in [4.69, 9.17) is 14.2 Å². The highest BCUT2D eigenvalue weighted by atomic mass is 32.2. The molecule has 0 unspecified atom stereocenters. The molecular weight excluding hydrogens is 460 g/mol. The number of carbonyl (C=O) groups excluding carboxylic acids is 2. The number of aryl methyl sites for hydroxylation is 2. The molecule has 2 N–H and O–H groups in total. The van der Waals surface area contributed by atoms with Crippen LogP contribution in [-0.4, -0.2) is 46.2 Å². The van der Waals surface area contributed by atoms with Crippen LogP contribution in [0.4, 0.5) is 5.69 Å². The minimum absolute atomic E-state index is 0.0652. The van der Waals surface area contributed by atoms with Crippen molar-refractivity contribution in [3.8, 4) is 11.5 Å². The van der Waals surface area contributed by atoms with Gasteiger partial charge in [-0.15, -0.1) is 0 Å². The second-order valence-corrected chi connectivity index (χ2v) is 10.4. The van der Waals surface area contributed by atoms with Crippen LogP contribution in [0, 0.1) is 5.92 Å². The molecule has 10 heteroatoms. The monoisotopic (exact) mass is 488 g/mol. The Kier molecular flexibility index (Phi) is 7.08. The Morgan fingerprint density at radius 2 is 1.74 bits per heavy atom. The van der Waals surface area contributed by atoms with Gasteiger partial charge in [0.25, 0.3) is 5.91 Å². The van der Waals surface area contributed by atoms with Gasteiger partial charge in [0.05, 0.1) is 4.90 Å². The number of esters is 1. The Balaban J connectivity index is 1.37. The van der Waals surface area contributed by atoms with Crippen LogP contribution in [0.15, 0.2) is 41.3 Å². The molecule has 0 aromatic heterocycles. The van der Waals surface area contributed by atoms with Crippen LogP contribution in [0.3, 0.4) is 0 Å². The summed E-state index contributed by atoms with van der Waals surface area (Å²) in [6, 6.07) is 8.81. The van der Waals surface area contributed by atoms with E-state index in [1.807, 2.05) is 18.2 Å². The van der Waals surface area contributed by atoms with E-state index in [0.717, 1.165) is 19.3 Å². The first-order valence-electron chi connectivity index (χ1n) is 11.2. The molecule has 0 bridgehead atoms. The molecule has 2 aromatic rings. The van der Waals surface area contributed by atoms with Crippen LogP contribution in [0.2, 0.25) is 0 Å². The van der Waals surface area contributed by atoms with E-state index >= 15 is 0 Å². The van der Waals surface area contributed by atoms with Gasteiger partial charge in [-0.05, 0) is 60.6 Å². The van der Waals surface area contributed by atoms with Gasteiger partial charge in [0.15, 0.2) is 18.1 Å². The van der Waals surface area contributed by atoms with Crippen LogP contribution >= 0.6 is 0 Å². The van der Waals surface area contributed by atoms with Gasteiger partial charge in [0.2, 0.25) is 10.0 Å². The van der Waals surface area contributed by atoms with E-state index in [2.05, 4.69) is 10.0 Å². The Hall–Kier alpha value is -3.11. The van der Waals surface area contributed by atoms with Crippen LogP contribution < -0.4 is 19.5 Å². The minimum Gasteiger partial charge on any atom is -0.486 e. The quantitative estimate of drug-likeness (QED) is 0.548. The van der Waals surface area contributed by atoms with E-state index in [1.165, 1.54) is 29.3 Å². The molecule has 1 aliphatic carbocycles. The van der Waals surface area contributed by atoms with E-state index in [1.54, 1.807) is 13.8 Å². The van der Waals surface area contributed by atoms with Crippen molar-refractivity contribution in [2.24, 2.45) is 5.92 Å². The maximum Gasteiger partial charge on any atom is 0.324 e. The van der Waals surface area contributed by atoms with E-state index < -0.39 is 40.5 Å². The summed E-state index contributed by atoms with van der Waals surface area (Å²) in [6.45, 7) is 3.55. The van der Waals surface area contributed by atoms with Gasteiger partial charge >= 0.3 is 5.97 Å².